The molecule has 20 heavy (non-hydrogen) atoms. The smallest absolute Gasteiger partial charge is 0.241 e. The molecule has 0 radical (unpaired) electrons. The SMILES string of the molecule is NNc1nc(Nc2cc(F)ccc2Br)c2cn[nH]c2n1. The van der Waals surface area contributed by atoms with E-state index < -0.39 is 0 Å². The fourth-order valence-electron chi connectivity index (χ4n) is 1.72. The normalized spacial score (nSPS) is 10.8. The van der Waals surface area contributed by atoms with Gasteiger partial charge in [0, 0.05) is 4.47 Å². The van der Waals surface area contributed by atoms with Crippen LogP contribution < -0.4 is 16.6 Å². The van der Waals surface area contributed by atoms with E-state index in [2.05, 4.69) is 46.8 Å². The van der Waals surface area contributed by atoms with Gasteiger partial charge in [0.2, 0.25) is 5.95 Å². The Labute approximate surface area is 120 Å². The van der Waals surface area contributed by atoms with Crippen molar-refractivity contribution in [1.82, 2.24) is 20.2 Å². The average molecular weight is 338 g/mol. The van der Waals surface area contributed by atoms with Crippen molar-refractivity contribution in [2.75, 3.05) is 10.7 Å². The minimum atomic E-state index is -0.356. The maximum Gasteiger partial charge on any atom is 0.241 e. The number of hydrogen-bond acceptors (Lipinski definition) is 6. The highest BCUT2D eigenvalue weighted by Gasteiger charge is 2.11. The highest BCUT2D eigenvalue weighted by Crippen LogP contribution is 2.29. The molecule has 3 rings (SSSR count). The molecule has 0 saturated carbocycles. The number of anilines is 3. The van der Waals surface area contributed by atoms with Gasteiger partial charge in [-0.3, -0.25) is 10.5 Å². The second-order valence-electron chi connectivity index (χ2n) is 3.92. The van der Waals surface area contributed by atoms with Gasteiger partial charge in [0.1, 0.15) is 11.6 Å². The second kappa shape index (κ2) is 5.02. The number of fused-ring (bicyclic) bond motifs is 1. The Balaban J connectivity index is 2.09. The minimum absolute atomic E-state index is 0.219. The van der Waals surface area contributed by atoms with Crippen molar-refractivity contribution in [2.24, 2.45) is 5.84 Å². The lowest BCUT2D eigenvalue weighted by molar-refractivity contribution is 0.628. The molecule has 0 bridgehead atoms. The van der Waals surface area contributed by atoms with Crippen LogP contribution in [-0.2, 0) is 0 Å². The van der Waals surface area contributed by atoms with Crippen LogP contribution in [0.25, 0.3) is 11.0 Å². The predicted molar refractivity (Wildman–Crippen MR) is 76.9 cm³/mol. The van der Waals surface area contributed by atoms with Gasteiger partial charge in [-0.15, -0.1) is 0 Å². The van der Waals surface area contributed by atoms with Gasteiger partial charge in [-0.05, 0) is 34.1 Å². The number of nitrogens with two attached hydrogens (primary N) is 1. The van der Waals surface area contributed by atoms with Crippen LogP contribution in [0.2, 0.25) is 0 Å². The van der Waals surface area contributed by atoms with Crippen molar-refractivity contribution in [3.63, 3.8) is 0 Å². The van der Waals surface area contributed by atoms with Crippen molar-refractivity contribution < 1.29 is 4.39 Å². The fourth-order valence-corrected chi connectivity index (χ4v) is 2.06. The largest absolute Gasteiger partial charge is 0.338 e. The quantitative estimate of drug-likeness (QED) is 0.431. The Morgan fingerprint density at radius 2 is 2.15 bits per heavy atom. The van der Waals surface area contributed by atoms with Gasteiger partial charge in [-0.2, -0.15) is 15.1 Å². The lowest BCUT2D eigenvalue weighted by Gasteiger charge is -2.09. The molecule has 102 valence electrons. The summed E-state index contributed by atoms with van der Waals surface area (Å²) in [5.74, 6) is 5.64. The highest BCUT2D eigenvalue weighted by atomic mass is 79.9. The first-order valence-corrected chi connectivity index (χ1v) is 6.36. The van der Waals surface area contributed by atoms with Gasteiger partial charge in [0.15, 0.2) is 5.65 Å². The van der Waals surface area contributed by atoms with Crippen molar-refractivity contribution in [2.45, 2.75) is 0 Å². The van der Waals surface area contributed by atoms with E-state index in [9.17, 15) is 4.39 Å². The number of hydrogen-bond donors (Lipinski definition) is 4. The van der Waals surface area contributed by atoms with Gasteiger partial charge in [-0.25, -0.2) is 10.2 Å². The van der Waals surface area contributed by atoms with E-state index in [4.69, 9.17) is 5.84 Å². The molecule has 7 nitrogen and oxygen atoms in total. The number of H-pyrrole nitrogens is 1. The van der Waals surface area contributed by atoms with E-state index in [1.807, 2.05) is 0 Å². The summed E-state index contributed by atoms with van der Waals surface area (Å²) < 4.78 is 14.0. The molecule has 0 aliphatic carbocycles. The van der Waals surface area contributed by atoms with E-state index in [1.165, 1.54) is 12.1 Å². The van der Waals surface area contributed by atoms with Gasteiger partial charge in [0.05, 0.1) is 17.3 Å². The van der Waals surface area contributed by atoms with E-state index in [1.54, 1.807) is 12.3 Å². The number of nitrogens with one attached hydrogen (secondary N) is 3. The van der Waals surface area contributed by atoms with Crippen LogP contribution in [0.3, 0.4) is 0 Å². The summed E-state index contributed by atoms with van der Waals surface area (Å²) in [4.78, 5) is 8.30. The first-order chi connectivity index (χ1) is 9.67. The fraction of sp³-hybridized carbons (Fsp3) is 0. The molecule has 0 unspecified atom stereocenters. The molecule has 0 atom stereocenters. The van der Waals surface area contributed by atoms with Gasteiger partial charge in [0.25, 0.3) is 0 Å². The number of hydrazine groups is 1. The summed E-state index contributed by atoms with van der Waals surface area (Å²) in [5.41, 5.74) is 3.42. The topological polar surface area (TPSA) is 105 Å². The van der Waals surface area contributed by atoms with E-state index >= 15 is 0 Å². The molecule has 0 saturated heterocycles. The minimum Gasteiger partial charge on any atom is -0.338 e. The molecule has 0 fully saturated rings. The van der Waals surface area contributed by atoms with Crippen LogP contribution in [0.5, 0.6) is 0 Å². The molecule has 2 aromatic heterocycles. The monoisotopic (exact) mass is 337 g/mol. The molecular weight excluding hydrogens is 329 g/mol. The van der Waals surface area contributed by atoms with Crippen molar-refractivity contribution in [3.05, 3.63) is 34.7 Å². The van der Waals surface area contributed by atoms with Crippen molar-refractivity contribution in [1.29, 1.82) is 0 Å². The molecule has 0 aliphatic rings. The van der Waals surface area contributed by atoms with Crippen LogP contribution in [0.15, 0.2) is 28.9 Å². The molecule has 0 amide bonds. The zero-order chi connectivity index (χ0) is 14.1. The summed E-state index contributed by atoms with van der Waals surface area (Å²) in [5, 5.41) is 10.3. The number of rotatable bonds is 3. The van der Waals surface area contributed by atoms with Crippen LogP contribution in [0.4, 0.5) is 21.8 Å². The maximum atomic E-state index is 13.3. The Bertz CT molecular complexity index is 773. The third-order valence-electron chi connectivity index (χ3n) is 2.62. The molecule has 5 N–H and O–H groups in total. The van der Waals surface area contributed by atoms with Crippen molar-refractivity contribution >= 4 is 44.4 Å². The number of aromatic nitrogens is 4. The lowest BCUT2D eigenvalue weighted by Crippen LogP contribution is -2.11. The molecule has 0 spiro atoms. The summed E-state index contributed by atoms with van der Waals surface area (Å²) in [6.45, 7) is 0. The standard InChI is InChI=1S/C11H9BrFN7/c12-7-2-1-5(13)3-8(7)16-9-6-4-15-20-10(6)18-11(17-9)19-14/h1-4H,14H2,(H3,15,16,17,18,19,20). The third kappa shape index (κ3) is 2.28. The zero-order valence-electron chi connectivity index (χ0n) is 9.98. The molecule has 3 aromatic rings. The zero-order valence-corrected chi connectivity index (χ0v) is 11.6. The molecule has 0 aliphatic heterocycles. The van der Waals surface area contributed by atoms with E-state index in [0.29, 0.717) is 27.0 Å². The van der Waals surface area contributed by atoms with Crippen LogP contribution >= 0.6 is 15.9 Å². The van der Waals surface area contributed by atoms with Crippen molar-refractivity contribution in [3.8, 4) is 0 Å². The van der Waals surface area contributed by atoms with Gasteiger partial charge < -0.3 is 5.32 Å². The number of nitrogens with zero attached hydrogens (tertiary/aromatic N) is 3. The van der Waals surface area contributed by atoms with Crippen LogP contribution in [0, 0.1) is 5.82 Å². The van der Waals surface area contributed by atoms with E-state index in [0.717, 1.165) is 0 Å². The summed E-state index contributed by atoms with van der Waals surface area (Å²) in [7, 11) is 0. The summed E-state index contributed by atoms with van der Waals surface area (Å²) >= 11 is 3.34. The lowest BCUT2D eigenvalue weighted by atomic mass is 10.3. The highest BCUT2D eigenvalue weighted by molar-refractivity contribution is 9.10. The second-order valence-corrected chi connectivity index (χ2v) is 4.78. The van der Waals surface area contributed by atoms with E-state index in [-0.39, 0.29) is 11.8 Å². The number of halogens is 2. The molecule has 2 heterocycles. The molecular formula is C11H9BrFN7. The Hall–Kier alpha value is -2.26. The third-order valence-corrected chi connectivity index (χ3v) is 3.31. The van der Waals surface area contributed by atoms with Gasteiger partial charge in [-0.1, -0.05) is 0 Å². The predicted octanol–water partition coefficient (Wildman–Crippen LogP) is 2.28. The number of nitrogen functional groups attached to an aromatic ring is 1. The summed E-state index contributed by atoms with van der Waals surface area (Å²) in [6, 6.07) is 4.32. The summed E-state index contributed by atoms with van der Waals surface area (Å²) in [6.07, 6.45) is 1.57. The van der Waals surface area contributed by atoms with Crippen LogP contribution in [0.1, 0.15) is 0 Å². The average Bonchev–Trinajstić information content (AvgIpc) is 2.91. The Kier molecular flexibility index (Phi) is 3.20. The Morgan fingerprint density at radius 3 is 2.95 bits per heavy atom. The molecule has 9 heteroatoms. The number of aromatic amines is 1. The molecule has 1 aromatic carbocycles. The Morgan fingerprint density at radius 1 is 1.30 bits per heavy atom. The first kappa shape index (κ1) is 12.8. The van der Waals surface area contributed by atoms with Gasteiger partial charge >= 0.3 is 0 Å². The first-order valence-electron chi connectivity index (χ1n) is 5.57. The van der Waals surface area contributed by atoms with Crippen LogP contribution in [-0.4, -0.2) is 20.2 Å². The number of benzene rings is 1. The maximum absolute atomic E-state index is 13.3.